The summed E-state index contributed by atoms with van der Waals surface area (Å²) in [5, 5.41) is 3.51. The van der Waals surface area contributed by atoms with Crippen molar-refractivity contribution in [1.29, 1.82) is 0 Å². The Balaban J connectivity index is 0.820. The molecule has 2 saturated carbocycles. The largest absolute Gasteiger partial charge is 0.497 e. The highest BCUT2D eigenvalue weighted by atomic mass is 16.5. The van der Waals surface area contributed by atoms with Crippen LogP contribution >= 0.6 is 0 Å². The summed E-state index contributed by atoms with van der Waals surface area (Å²) in [5.74, 6) is 3.09. The lowest BCUT2D eigenvalue weighted by Gasteiger charge is -2.21. The van der Waals surface area contributed by atoms with E-state index >= 15 is 0 Å². The average molecular weight is 719 g/mol. The predicted octanol–water partition coefficient (Wildman–Crippen LogP) is 7.12. The maximum absolute atomic E-state index is 13.8. The zero-order chi connectivity index (χ0) is 36.3. The van der Waals surface area contributed by atoms with Crippen molar-refractivity contribution < 1.29 is 33.3 Å². The number of hydrogen-bond acceptors (Lipinski definition) is 9. The van der Waals surface area contributed by atoms with Crippen molar-refractivity contribution in [2.45, 2.75) is 63.5 Å². The monoisotopic (exact) mass is 718 g/mol. The number of rotatable bonds is 12. The first-order chi connectivity index (χ1) is 25.8. The third kappa shape index (κ3) is 6.23. The first kappa shape index (κ1) is 33.6. The number of benzene rings is 3. The van der Waals surface area contributed by atoms with Crippen LogP contribution in [0.25, 0.3) is 5.57 Å². The lowest BCUT2D eigenvalue weighted by molar-refractivity contribution is 0.0765. The number of fused-ring (bicyclic) bond motifs is 4. The van der Waals surface area contributed by atoms with Gasteiger partial charge in [-0.1, -0.05) is 12.1 Å². The zero-order valence-electron chi connectivity index (χ0n) is 30.6. The first-order valence-electron chi connectivity index (χ1n) is 18.8. The van der Waals surface area contributed by atoms with Gasteiger partial charge in [-0.15, -0.1) is 0 Å². The number of aliphatic imine (C=N–C) groups is 1. The molecule has 276 valence electrons. The van der Waals surface area contributed by atoms with Gasteiger partial charge in [0.1, 0.15) is 5.75 Å². The van der Waals surface area contributed by atoms with Gasteiger partial charge in [-0.05, 0) is 92.2 Å². The summed E-state index contributed by atoms with van der Waals surface area (Å²) in [5.41, 5.74) is 5.12. The van der Waals surface area contributed by atoms with Crippen LogP contribution in [-0.2, 0) is 0 Å². The summed E-state index contributed by atoms with van der Waals surface area (Å²) in [6.45, 7) is 2.50. The van der Waals surface area contributed by atoms with E-state index < -0.39 is 0 Å². The molecule has 3 aromatic rings. The van der Waals surface area contributed by atoms with Crippen LogP contribution in [0.4, 0.5) is 11.4 Å². The highest BCUT2D eigenvalue weighted by Gasteiger charge is 2.53. The van der Waals surface area contributed by atoms with E-state index in [9.17, 15) is 9.59 Å². The fourth-order valence-corrected chi connectivity index (χ4v) is 8.51. The predicted molar refractivity (Wildman–Crippen MR) is 201 cm³/mol. The van der Waals surface area contributed by atoms with E-state index in [-0.39, 0.29) is 29.3 Å². The van der Waals surface area contributed by atoms with Gasteiger partial charge in [-0.25, -0.2) is 0 Å². The Morgan fingerprint density at radius 2 is 1.60 bits per heavy atom. The number of ether oxygens (including phenoxy) is 5. The molecule has 3 fully saturated rings. The standard InChI is InChI=1S/C42H46N4O7/c1-49-30-7-5-26(6-8-30)27-15-28-21-43-33-18-37(35(50-2)16-31(33)39(47)45(28)23-27)52-14-4-9-41(10-11-41)25-53-38-19-34-32(17-36(38)51-3)40(48)46-24-42(12-13-42)20-29(46)22-44-34/h5-8,16-19,22-23,28-29,43H,4,9-15,20-21,24-25H2,1-3H3/t28-,29-/m0/s1. The van der Waals surface area contributed by atoms with E-state index in [1.807, 2.05) is 58.6 Å². The number of nitrogens with zero attached hydrogens (tertiary/aromatic N) is 3. The van der Waals surface area contributed by atoms with Crippen LogP contribution in [0.3, 0.4) is 0 Å². The second kappa shape index (κ2) is 13.0. The normalized spacial score (nSPS) is 22.4. The molecule has 2 atom stereocenters. The van der Waals surface area contributed by atoms with Crippen molar-refractivity contribution in [3.05, 3.63) is 71.4 Å². The molecule has 6 aliphatic rings. The molecule has 2 aliphatic carbocycles. The molecule has 11 heteroatoms. The van der Waals surface area contributed by atoms with Crippen molar-refractivity contribution in [1.82, 2.24) is 9.80 Å². The molecule has 0 bridgehead atoms. The Kier molecular flexibility index (Phi) is 8.27. The molecule has 11 nitrogen and oxygen atoms in total. The zero-order valence-corrected chi connectivity index (χ0v) is 30.6. The van der Waals surface area contributed by atoms with Gasteiger partial charge in [-0.2, -0.15) is 0 Å². The number of anilines is 1. The van der Waals surface area contributed by atoms with Crippen LogP contribution in [0, 0.1) is 10.8 Å². The second-order valence-electron chi connectivity index (χ2n) is 15.6. The Morgan fingerprint density at radius 3 is 2.32 bits per heavy atom. The minimum absolute atomic E-state index is 0.00729. The second-order valence-corrected chi connectivity index (χ2v) is 15.6. The Hall–Kier alpha value is -5.19. The van der Waals surface area contributed by atoms with Crippen LogP contribution in [0.15, 0.2) is 59.7 Å². The van der Waals surface area contributed by atoms with Crippen molar-refractivity contribution in [2.75, 3.05) is 52.9 Å². The number of methoxy groups -OCH3 is 3. The summed E-state index contributed by atoms with van der Waals surface area (Å²) in [7, 11) is 4.87. The van der Waals surface area contributed by atoms with Crippen molar-refractivity contribution in [3.63, 3.8) is 0 Å². The molecule has 4 aliphatic heterocycles. The maximum atomic E-state index is 13.8. The molecular weight excluding hydrogens is 672 g/mol. The van der Waals surface area contributed by atoms with E-state index in [0.29, 0.717) is 65.0 Å². The summed E-state index contributed by atoms with van der Waals surface area (Å²) in [4.78, 5) is 35.9. The fourth-order valence-electron chi connectivity index (χ4n) is 8.51. The molecule has 53 heavy (non-hydrogen) atoms. The quantitative estimate of drug-likeness (QED) is 0.197. The maximum Gasteiger partial charge on any atom is 0.260 e. The molecule has 0 unspecified atom stereocenters. The van der Waals surface area contributed by atoms with E-state index in [2.05, 4.69) is 5.32 Å². The minimum Gasteiger partial charge on any atom is -0.497 e. The molecule has 1 saturated heterocycles. The number of amides is 2. The van der Waals surface area contributed by atoms with E-state index in [4.69, 9.17) is 28.7 Å². The van der Waals surface area contributed by atoms with Gasteiger partial charge in [0.25, 0.3) is 11.8 Å². The third-order valence-corrected chi connectivity index (χ3v) is 12.2. The Bertz CT molecular complexity index is 2020. The van der Waals surface area contributed by atoms with E-state index in [0.717, 1.165) is 67.6 Å². The van der Waals surface area contributed by atoms with Gasteiger partial charge in [0.15, 0.2) is 23.0 Å². The van der Waals surface area contributed by atoms with Gasteiger partial charge in [0.05, 0.1) is 69.1 Å². The lowest BCUT2D eigenvalue weighted by atomic mass is 10.0. The van der Waals surface area contributed by atoms with Gasteiger partial charge in [-0.3, -0.25) is 14.6 Å². The molecule has 1 N–H and O–H groups in total. The molecule has 9 rings (SSSR count). The number of carbonyl (C=O) groups is 2. The van der Waals surface area contributed by atoms with Crippen LogP contribution in [0.2, 0.25) is 0 Å². The summed E-state index contributed by atoms with van der Waals surface area (Å²) >= 11 is 0. The number of hydrogen-bond donors (Lipinski definition) is 1. The molecule has 4 heterocycles. The van der Waals surface area contributed by atoms with Crippen LogP contribution in [0.5, 0.6) is 28.7 Å². The summed E-state index contributed by atoms with van der Waals surface area (Å²) in [6, 6.07) is 15.4. The van der Waals surface area contributed by atoms with Crippen LogP contribution < -0.4 is 29.0 Å². The highest BCUT2D eigenvalue weighted by molar-refractivity contribution is 6.04. The number of nitrogens with one attached hydrogen (secondary N) is 1. The molecular formula is C42H46N4O7. The van der Waals surface area contributed by atoms with E-state index in [1.165, 1.54) is 12.8 Å². The van der Waals surface area contributed by atoms with Gasteiger partial charge in [0.2, 0.25) is 0 Å². The molecule has 2 amide bonds. The minimum atomic E-state index is -0.0598. The van der Waals surface area contributed by atoms with Gasteiger partial charge < -0.3 is 38.8 Å². The van der Waals surface area contributed by atoms with Crippen molar-refractivity contribution in [2.24, 2.45) is 15.8 Å². The summed E-state index contributed by atoms with van der Waals surface area (Å²) < 4.78 is 29.4. The third-order valence-electron chi connectivity index (χ3n) is 12.2. The smallest absolute Gasteiger partial charge is 0.260 e. The number of carbonyl (C=O) groups excluding carboxylic acids is 2. The Morgan fingerprint density at radius 1 is 0.849 bits per heavy atom. The summed E-state index contributed by atoms with van der Waals surface area (Å²) in [6.07, 6.45) is 12.0. The molecule has 3 aromatic carbocycles. The molecule has 0 aromatic heterocycles. The average Bonchev–Trinajstić information content (AvgIpc) is 4.07. The topological polar surface area (TPSA) is 111 Å². The Labute approximate surface area is 309 Å². The highest BCUT2D eigenvalue weighted by Crippen LogP contribution is 2.56. The SMILES string of the molecule is COc1ccc(C2=CN3C(=O)c4cc(OC)c(OCCCC5(COc6cc7c(cc6OC)C(=O)N6CC8(CC8)C[C@H]6C=N7)CC5)cc4NC[C@@H]3C2)cc1. The van der Waals surface area contributed by atoms with Crippen molar-refractivity contribution in [3.8, 4) is 28.7 Å². The first-order valence-corrected chi connectivity index (χ1v) is 18.8. The van der Waals surface area contributed by atoms with Gasteiger partial charge >= 0.3 is 0 Å². The van der Waals surface area contributed by atoms with Crippen LogP contribution in [-0.4, -0.2) is 87.5 Å². The molecule has 1 spiro atoms. The fraction of sp³-hybridized carbons (Fsp3) is 0.452. The van der Waals surface area contributed by atoms with Crippen LogP contribution in [0.1, 0.15) is 77.6 Å². The van der Waals surface area contributed by atoms with E-state index in [1.54, 1.807) is 33.5 Å². The lowest BCUT2D eigenvalue weighted by Crippen LogP contribution is -2.35. The van der Waals surface area contributed by atoms with Gasteiger partial charge in [0, 0.05) is 43.1 Å². The van der Waals surface area contributed by atoms with Crippen molar-refractivity contribution >= 4 is 35.0 Å². The molecule has 0 radical (unpaired) electrons.